The molecule has 0 saturated heterocycles. The number of carbonyl (C=O) groups is 2. The number of aryl methyl sites for hydroxylation is 1. The minimum atomic E-state index is -1.17. The Morgan fingerprint density at radius 1 is 1.05 bits per heavy atom. The number of hydrogen-bond donors (Lipinski definition) is 1. The molecular formula is C30H31F2N5O4. The van der Waals surface area contributed by atoms with Gasteiger partial charge in [-0.15, -0.1) is 0 Å². The van der Waals surface area contributed by atoms with Gasteiger partial charge in [0.1, 0.15) is 17.9 Å². The SMILES string of the molecule is CCc1ccc2c(C3=NN(CCOc4ccc(C5=NNC(=O)CC5C)c(F)c4F)C(=O)C3(C)C)ccc(OC)c2n1. The molecule has 9 nitrogen and oxygen atoms in total. The molecule has 0 spiro atoms. The Labute approximate surface area is 236 Å². The largest absolute Gasteiger partial charge is 0.494 e. The van der Waals surface area contributed by atoms with E-state index in [1.54, 1.807) is 27.9 Å². The molecule has 1 atom stereocenters. The van der Waals surface area contributed by atoms with Crippen molar-refractivity contribution in [3.05, 3.63) is 64.9 Å². The maximum Gasteiger partial charge on any atom is 0.254 e. The van der Waals surface area contributed by atoms with E-state index in [1.807, 2.05) is 31.2 Å². The topological polar surface area (TPSA) is 105 Å². The molecule has 11 heteroatoms. The van der Waals surface area contributed by atoms with Crippen molar-refractivity contribution in [2.45, 2.75) is 40.5 Å². The van der Waals surface area contributed by atoms with Gasteiger partial charge in [-0.3, -0.25) is 9.59 Å². The number of ether oxygens (including phenoxy) is 2. The Balaban J connectivity index is 1.36. The van der Waals surface area contributed by atoms with Gasteiger partial charge in [0.2, 0.25) is 11.7 Å². The highest BCUT2D eigenvalue weighted by atomic mass is 19.2. The number of amides is 2. The molecule has 1 N–H and O–H groups in total. The lowest BCUT2D eigenvalue weighted by Gasteiger charge is -2.21. The molecule has 0 bridgehead atoms. The predicted octanol–water partition coefficient (Wildman–Crippen LogP) is 4.60. The van der Waals surface area contributed by atoms with Crippen LogP contribution in [0.5, 0.6) is 11.5 Å². The normalized spacial score (nSPS) is 18.3. The van der Waals surface area contributed by atoms with Gasteiger partial charge in [0.25, 0.3) is 5.91 Å². The van der Waals surface area contributed by atoms with Crippen LogP contribution in [-0.4, -0.2) is 53.5 Å². The lowest BCUT2D eigenvalue weighted by molar-refractivity contribution is -0.135. The number of rotatable bonds is 8. The van der Waals surface area contributed by atoms with Crippen molar-refractivity contribution in [3.63, 3.8) is 0 Å². The van der Waals surface area contributed by atoms with Gasteiger partial charge in [-0.2, -0.15) is 14.6 Å². The molecule has 2 aliphatic rings. The Hall–Kier alpha value is -4.41. The third-order valence-electron chi connectivity index (χ3n) is 7.44. The van der Waals surface area contributed by atoms with E-state index in [0.717, 1.165) is 23.1 Å². The molecule has 3 heterocycles. The summed E-state index contributed by atoms with van der Waals surface area (Å²) in [6, 6.07) is 10.3. The summed E-state index contributed by atoms with van der Waals surface area (Å²) in [7, 11) is 1.59. The van der Waals surface area contributed by atoms with Crippen LogP contribution in [0.3, 0.4) is 0 Å². The van der Waals surface area contributed by atoms with Crippen LogP contribution in [0.15, 0.2) is 46.6 Å². The van der Waals surface area contributed by atoms with Gasteiger partial charge in [-0.1, -0.05) is 19.9 Å². The third-order valence-corrected chi connectivity index (χ3v) is 7.44. The van der Waals surface area contributed by atoms with Crippen LogP contribution >= 0.6 is 0 Å². The van der Waals surface area contributed by atoms with Crippen LogP contribution in [0, 0.1) is 23.0 Å². The highest BCUT2D eigenvalue weighted by Crippen LogP contribution is 2.37. The zero-order chi connectivity index (χ0) is 29.5. The van der Waals surface area contributed by atoms with Gasteiger partial charge in [-0.05, 0) is 50.6 Å². The van der Waals surface area contributed by atoms with E-state index in [1.165, 1.54) is 17.1 Å². The van der Waals surface area contributed by atoms with E-state index < -0.39 is 17.0 Å². The lowest BCUT2D eigenvalue weighted by atomic mass is 9.82. The number of nitrogens with one attached hydrogen (secondary N) is 1. The third kappa shape index (κ3) is 5.00. The molecule has 0 aliphatic carbocycles. The Bertz CT molecular complexity index is 1620. The molecule has 214 valence electrons. The van der Waals surface area contributed by atoms with Crippen LogP contribution in [0.1, 0.15) is 50.9 Å². The number of fused-ring (bicyclic) bond motifs is 1. The van der Waals surface area contributed by atoms with Crippen molar-refractivity contribution < 1.29 is 27.8 Å². The molecular weight excluding hydrogens is 532 g/mol. The number of carbonyl (C=O) groups excluding carboxylic acids is 2. The van der Waals surface area contributed by atoms with Gasteiger partial charge >= 0.3 is 0 Å². The van der Waals surface area contributed by atoms with Crippen LogP contribution in [0.4, 0.5) is 8.78 Å². The maximum absolute atomic E-state index is 14.9. The quantitative estimate of drug-likeness (QED) is 0.432. The van der Waals surface area contributed by atoms with E-state index in [-0.39, 0.29) is 54.3 Å². The zero-order valence-corrected chi connectivity index (χ0v) is 23.5. The molecule has 5 rings (SSSR count). The number of aromatic nitrogens is 1. The second-order valence-electron chi connectivity index (χ2n) is 10.6. The van der Waals surface area contributed by atoms with E-state index in [0.29, 0.717) is 17.0 Å². The second-order valence-corrected chi connectivity index (χ2v) is 10.6. The summed E-state index contributed by atoms with van der Waals surface area (Å²) in [5.41, 5.74) is 4.50. The van der Waals surface area contributed by atoms with Crippen molar-refractivity contribution in [3.8, 4) is 11.5 Å². The second kappa shape index (κ2) is 10.9. The summed E-state index contributed by atoms with van der Waals surface area (Å²) in [6.07, 6.45) is 0.894. The summed E-state index contributed by atoms with van der Waals surface area (Å²) in [6.45, 7) is 7.24. The van der Waals surface area contributed by atoms with E-state index >= 15 is 0 Å². The van der Waals surface area contributed by atoms with Gasteiger partial charge in [0.15, 0.2) is 11.6 Å². The molecule has 41 heavy (non-hydrogen) atoms. The molecule has 3 aromatic rings. The van der Waals surface area contributed by atoms with Crippen LogP contribution in [0.2, 0.25) is 0 Å². The highest BCUT2D eigenvalue weighted by molar-refractivity contribution is 6.23. The fourth-order valence-electron chi connectivity index (χ4n) is 5.12. The summed E-state index contributed by atoms with van der Waals surface area (Å²) >= 11 is 0. The minimum absolute atomic E-state index is 0.0245. The van der Waals surface area contributed by atoms with Crippen LogP contribution in [0.25, 0.3) is 10.9 Å². The van der Waals surface area contributed by atoms with Crippen LogP contribution < -0.4 is 14.9 Å². The number of halogens is 2. The molecule has 1 unspecified atom stereocenters. The molecule has 0 saturated carbocycles. The summed E-state index contributed by atoms with van der Waals surface area (Å²) < 4.78 is 40.9. The average molecular weight is 564 g/mol. The van der Waals surface area contributed by atoms with E-state index in [2.05, 4.69) is 15.6 Å². The van der Waals surface area contributed by atoms with Gasteiger partial charge in [0, 0.05) is 34.5 Å². The number of benzene rings is 2. The fraction of sp³-hybridized carbons (Fsp3) is 0.367. The minimum Gasteiger partial charge on any atom is -0.494 e. The van der Waals surface area contributed by atoms with Gasteiger partial charge in [0.05, 0.1) is 30.5 Å². The number of nitrogens with zero attached hydrogens (tertiary/aromatic N) is 4. The smallest absolute Gasteiger partial charge is 0.254 e. The highest BCUT2D eigenvalue weighted by Gasteiger charge is 2.44. The first-order valence-corrected chi connectivity index (χ1v) is 13.4. The van der Waals surface area contributed by atoms with Crippen molar-refractivity contribution in [1.29, 1.82) is 0 Å². The van der Waals surface area contributed by atoms with E-state index in [4.69, 9.17) is 14.5 Å². The fourth-order valence-corrected chi connectivity index (χ4v) is 5.12. The number of hydrazone groups is 2. The molecule has 2 aliphatic heterocycles. The number of hydrogen-bond acceptors (Lipinski definition) is 7. The Morgan fingerprint density at radius 2 is 1.78 bits per heavy atom. The van der Waals surface area contributed by atoms with Crippen molar-refractivity contribution >= 4 is 34.1 Å². The monoisotopic (exact) mass is 563 g/mol. The van der Waals surface area contributed by atoms with Crippen LogP contribution in [-0.2, 0) is 16.0 Å². The van der Waals surface area contributed by atoms with Gasteiger partial charge < -0.3 is 9.47 Å². The van der Waals surface area contributed by atoms with Crippen molar-refractivity contribution in [1.82, 2.24) is 15.4 Å². The standard InChI is InChI=1S/C30H31F2N5O4/c1-6-17-7-8-18-19(9-12-22(40-5)27(18)33-17)28-30(3,4)29(39)37(36-28)13-14-41-21-11-10-20(24(31)25(21)32)26-16(2)15-23(38)34-35-26/h7-12,16H,6,13-15H2,1-5H3,(H,34,38). The average Bonchev–Trinajstić information content (AvgIpc) is 3.18. The summed E-state index contributed by atoms with van der Waals surface area (Å²) in [4.78, 5) is 29.6. The molecule has 2 amide bonds. The molecule has 0 fully saturated rings. The lowest BCUT2D eigenvalue weighted by Crippen LogP contribution is -2.36. The summed E-state index contributed by atoms with van der Waals surface area (Å²) in [5.74, 6) is -2.85. The number of pyridine rings is 1. The maximum atomic E-state index is 14.9. The first-order valence-electron chi connectivity index (χ1n) is 13.4. The zero-order valence-electron chi connectivity index (χ0n) is 23.5. The summed E-state index contributed by atoms with van der Waals surface area (Å²) in [5, 5.41) is 10.6. The molecule has 0 radical (unpaired) electrons. The molecule has 2 aromatic carbocycles. The molecule has 1 aromatic heterocycles. The van der Waals surface area contributed by atoms with Crippen molar-refractivity contribution in [2.75, 3.05) is 20.3 Å². The predicted molar refractivity (Wildman–Crippen MR) is 150 cm³/mol. The first-order chi connectivity index (χ1) is 19.6. The van der Waals surface area contributed by atoms with Gasteiger partial charge in [-0.25, -0.2) is 19.8 Å². The first kappa shape index (κ1) is 28.1. The Morgan fingerprint density at radius 3 is 2.49 bits per heavy atom. The number of methoxy groups -OCH3 is 1. The van der Waals surface area contributed by atoms with E-state index in [9.17, 15) is 18.4 Å². The van der Waals surface area contributed by atoms with Crippen molar-refractivity contribution in [2.24, 2.45) is 21.5 Å². The Kier molecular flexibility index (Phi) is 7.46.